The molecular formula is C13H20BrN3S. The van der Waals surface area contributed by atoms with E-state index in [9.17, 15) is 0 Å². The minimum absolute atomic E-state index is 0.794. The van der Waals surface area contributed by atoms with Crippen molar-refractivity contribution < 1.29 is 0 Å². The van der Waals surface area contributed by atoms with E-state index >= 15 is 0 Å². The van der Waals surface area contributed by atoms with E-state index in [-0.39, 0.29) is 0 Å². The third-order valence-electron chi connectivity index (χ3n) is 3.96. The summed E-state index contributed by atoms with van der Waals surface area (Å²) in [5.41, 5.74) is 0. The summed E-state index contributed by atoms with van der Waals surface area (Å²) in [5, 5.41) is 5.64. The standard InChI is InChI=1S/C13H20BrN3S/c14-11-7-13(18-10-11)9-16-3-5-17(6-4-16)12-1-2-15-8-12/h7,10,12,15H,1-6,8-9H2. The van der Waals surface area contributed by atoms with Gasteiger partial charge in [0.15, 0.2) is 0 Å². The Bertz CT molecular complexity index is 381. The summed E-state index contributed by atoms with van der Waals surface area (Å²) >= 11 is 5.39. The third-order valence-corrected chi connectivity index (χ3v) is 5.64. The van der Waals surface area contributed by atoms with Crippen LogP contribution in [0.25, 0.3) is 0 Å². The number of halogens is 1. The van der Waals surface area contributed by atoms with Crippen molar-refractivity contribution in [3.05, 3.63) is 20.8 Å². The highest BCUT2D eigenvalue weighted by Gasteiger charge is 2.25. The predicted molar refractivity (Wildman–Crippen MR) is 80.1 cm³/mol. The Kier molecular flexibility index (Phi) is 4.36. The van der Waals surface area contributed by atoms with Gasteiger partial charge in [-0.2, -0.15) is 0 Å². The maximum Gasteiger partial charge on any atom is 0.0329 e. The summed E-state index contributed by atoms with van der Waals surface area (Å²) in [5.74, 6) is 0. The molecule has 5 heteroatoms. The van der Waals surface area contributed by atoms with Crippen LogP contribution in [0.15, 0.2) is 15.9 Å². The molecule has 1 aromatic heterocycles. The first-order valence-corrected chi connectivity index (χ1v) is 8.38. The maximum atomic E-state index is 3.53. The fourth-order valence-corrected chi connectivity index (χ4v) is 4.39. The van der Waals surface area contributed by atoms with Crippen molar-refractivity contribution >= 4 is 27.3 Å². The fraction of sp³-hybridized carbons (Fsp3) is 0.692. The van der Waals surface area contributed by atoms with Gasteiger partial charge in [-0.3, -0.25) is 9.80 Å². The zero-order valence-electron chi connectivity index (χ0n) is 10.6. The summed E-state index contributed by atoms with van der Waals surface area (Å²) in [6, 6.07) is 3.04. The zero-order valence-corrected chi connectivity index (χ0v) is 13.0. The van der Waals surface area contributed by atoms with Crippen LogP contribution in [0.4, 0.5) is 0 Å². The molecule has 0 radical (unpaired) electrons. The summed E-state index contributed by atoms with van der Waals surface area (Å²) in [4.78, 5) is 6.72. The van der Waals surface area contributed by atoms with E-state index in [2.05, 4.69) is 42.5 Å². The lowest BCUT2D eigenvalue weighted by atomic mass is 10.2. The van der Waals surface area contributed by atoms with Crippen LogP contribution in [0, 0.1) is 0 Å². The van der Waals surface area contributed by atoms with Gasteiger partial charge >= 0.3 is 0 Å². The lowest BCUT2D eigenvalue weighted by Crippen LogP contribution is -2.50. The molecule has 2 saturated heterocycles. The van der Waals surface area contributed by atoms with Crippen LogP contribution in [0.1, 0.15) is 11.3 Å². The van der Waals surface area contributed by atoms with Gasteiger partial charge in [-0.15, -0.1) is 11.3 Å². The second-order valence-electron chi connectivity index (χ2n) is 5.19. The van der Waals surface area contributed by atoms with Gasteiger partial charge in [0.05, 0.1) is 0 Å². The number of thiophene rings is 1. The van der Waals surface area contributed by atoms with Gasteiger partial charge in [0.1, 0.15) is 0 Å². The van der Waals surface area contributed by atoms with Crippen LogP contribution in [-0.2, 0) is 6.54 Å². The Hall–Kier alpha value is 0.0600. The molecule has 3 nitrogen and oxygen atoms in total. The van der Waals surface area contributed by atoms with Crippen molar-refractivity contribution in [3.8, 4) is 0 Å². The van der Waals surface area contributed by atoms with Crippen molar-refractivity contribution in [1.29, 1.82) is 0 Å². The van der Waals surface area contributed by atoms with Crippen molar-refractivity contribution in [3.63, 3.8) is 0 Å². The average molecular weight is 330 g/mol. The number of rotatable bonds is 3. The van der Waals surface area contributed by atoms with E-state index in [4.69, 9.17) is 0 Å². The van der Waals surface area contributed by atoms with Crippen LogP contribution in [-0.4, -0.2) is 55.1 Å². The van der Waals surface area contributed by atoms with E-state index in [0.717, 1.165) is 12.6 Å². The molecule has 18 heavy (non-hydrogen) atoms. The quantitative estimate of drug-likeness (QED) is 0.914. The van der Waals surface area contributed by atoms with Gasteiger partial charge in [0.2, 0.25) is 0 Å². The molecular weight excluding hydrogens is 310 g/mol. The summed E-state index contributed by atoms with van der Waals surface area (Å²) < 4.78 is 1.22. The second kappa shape index (κ2) is 6.01. The van der Waals surface area contributed by atoms with Gasteiger partial charge in [-0.25, -0.2) is 0 Å². The van der Waals surface area contributed by atoms with Crippen molar-refractivity contribution in [2.45, 2.75) is 19.0 Å². The second-order valence-corrected chi connectivity index (χ2v) is 7.10. The Morgan fingerprint density at radius 1 is 1.33 bits per heavy atom. The molecule has 1 atom stereocenters. The van der Waals surface area contributed by atoms with E-state index < -0.39 is 0 Å². The molecule has 0 saturated carbocycles. The van der Waals surface area contributed by atoms with Crippen molar-refractivity contribution in [1.82, 2.24) is 15.1 Å². The van der Waals surface area contributed by atoms with E-state index in [1.54, 1.807) is 0 Å². The lowest BCUT2D eigenvalue weighted by molar-refractivity contribution is 0.0987. The smallest absolute Gasteiger partial charge is 0.0329 e. The molecule has 2 aliphatic rings. The summed E-state index contributed by atoms with van der Waals surface area (Å²) in [6.45, 7) is 8.41. The van der Waals surface area contributed by atoms with Crippen LogP contribution in [0.2, 0.25) is 0 Å². The number of nitrogens with one attached hydrogen (secondary N) is 1. The molecule has 1 aromatic rings. The Morgan fingerprint density at radius 3 is 2.78 bits per heavy atom. The van der Waals surface area contributed by atoms with Crippen LogP contribution >= 0.6 is 27.3 Å². The molecule has 2 aliphatic heterocycles. The van der Waals surface area contributed by atoms with Crippen LogP contribution in [0.3, 0.4) is 0 Å². The van der Waals surface area contributed by atoms with Crippen LogP contribution < -0.4 is 5.32 Å². The SMILES string of the molecule is Brc1csc(CN2CCN(C3CCNC3)CC2)c1. The molecule has 1 unspecified atom stereocenters. The molecule has 1 N–H and O–H groups in total. The minimum atomic E-state index is 0.794. The summed E-state index contributed by atoms with van der Waals surface area (Å²) in [7, 11) is 0. The van der Waals surface area contributed by atoms with E-state index in [0.29, 0.717) is 0 Å². The first kappa shape index (κ1) is 13.1. The third kappa shape index (κ3) is 3.14. The highest BCUT2D eigenvalue weighted by atomic mass is 79.9. The number of hydrogen-bond acceptors (Lipinski definition) is 4. The molecule has 0 bridgehead atoms. The number of piperazine rings is 1. The highest BCUT2D eigenvalue weighted by Crippen LogP contribution is 2.22. The van der Waals surface area contributed by atoms with E-state index in [1.165, 1.54) is 55.0 Å². The highest BCUT2D eigenvalue weighted by molar-refractivity contribution is 9.10. The van der Waals surface area contributed by atoms with Gasteiger partial charge < -0.3 is 5.32 Å². The minimum Gasteiger partial charge on any atom is -0.315 e. The summed E-state index contributed by atoms with van der Waals surface area (Å²) in [6.07, 6.45) is 1.33. The van der Waals surface area contributed by atoms with Crippen molar-refractivity contribution in [2.75, 3.05) is 39.3 Å². The van der Waals surface area contributed by atoms with Gasteiger partial charge in [-0.1, -0.05) is 0 Å². The lowest BCUT2D eigenvalue weighted by Gasteiger charge is -2.37. The predicted octanol–water partition coefficient (Wildman–Crippen LogP) is 1.99. The van der Waals surface area contributed by atoms with E-state index in [1.807, 2.05) is 11.3 Å². The molecule has 0 amide bonds. The van der Waals surface area contributed by atoms with Gasteiger partial charge in [0, 0.05) is 60.0 Å². The molecule has 0 aromatic carbocycles. The molecule has 3 rings (SSSR count). The topological polar surface area (TPSA) is 18.5 Å². The van der Waals surface area contributed by atoms with Crippen LogP contribution in [0.5, 0.6) is 0 Å². The largest absolute Gasteiger partial charge is 0.315 e. The Labute approximate surface area is 121 Å². The molecule has 2 fully saturated rings. The average Bonchev–Trinajstić information content (AvgIpc) is 3.02. The first-order chi connectivity index (χ1) is 8.81. The maximum absolute atomic E-state index is 3.53. The molecule has 0 spiro atoms. The zero-order chi connectivity index (χ0) is 12.4. The monoisotopic (exact) mass is 329 g/mol. The molecule has 0 aliphatic carbocycles. The Morgan fingerprint density at radius 2 is 2.17 bits per heavy atom. The van der Waals surface area contributed by atoms with Gasteiger partial charge in [0.25, 0.3) is 0 Å². The molecule has 3 heterocycles. The first-order valence-electron chi connectivity index (χ1n) is 6.71. The fourth-order valence-electron chi connectivity index (χ4n) is 2.89. The number of hydrogen-bond donors (Lipinski definition) is 1. The van der Waals surface area contributed by atoms with Crippen molar-refractivity contribution in [2.24, 2.45) is 0 Å². The molecule has 100 valence electrons. The Balaban J connectivity index is 1.47. The normalized spacial score (nSPS) is 26.8. The van der Waals surface area contributed by atoms with Gasteiger partial charge in [-0.05, 0) is 35.0 Å². The number of nitrogens with zero attached hydrogens (tertiary/aromatic N) is 2.